The van der Waals surface area contributed by atoms with Gasteiger partial charge in [0, 0.05) is 24.6 Å². The van der Waals surface area contributed by atoms with Gasteiger partial charge < -0.3 is 15.2 Å². The third kappa shape index (κ3) is 3.67. The second-order valence-electron chi connectivity index (χ2n) is 5.12. The largest absolute Gasteiger partial charge is 0.490 e. The fourth-order valence-electron chi connectivity index (χ4n) is 1.53. The lowest BCUT2D eigenvalue weighted by atomic mass is 9.95. The highest BCUT2D eigenvalue weighted by atomic mass is 16.6. The van der Waals surface area contributed by atoms with Crippen molar-refractivity contribution in [3.63, 3.8) is 0 Å². The van der Waals surface area contributed by atoms with Crippen molar-refractivity contribution in [2.24, 2.45) is 5.41 Å². The predicted octanol–water partition coefficient (Wildman–Crippen LogP) is 1.35. The summed E-state index contributed by atoms with van der Waals surface area (Å²) in [5.41, 5.74) is -0.638. The van der Waals surface area contributed by atoms with Crippen molar-refractivity contribution in [3.8, 4) is 5.75 Å². The van der Waals surface area contributed by atoms with Gasteiger partial charge in [-0.3, -0.25) is 14.9 Å². The lowest BCUT2D eigenvalue weighted by Crippen LogP contribution is -2.36. The molecule has 1 amide bonds. The summed E-state index contributed by atoms with van der Waals surface area (Å²) >= 11 is 0. The summed E-state index contributed by atoms with van der Waals surface area (Å²) in [6.45, 7) is 3.74. The number of carbonyl (C=O) groups is 1. The van der Waals surface area contributed by atoms with Crippen molar-refractivity contribution in [2.45, 2.75) is 13.8 Å². The van der Waals surface area contributed by atoms with Crippen LogP contribution in [0.4, 0.5) is 5.69 Å². The summed E-state index contributed by atoms with van der Waals surface area (Å²) in [6, 6.07) is 4.15. The fourth-order valence-corrected chi connectivity index (χ4v) is 1.53. The van der Waals surface area contributed by atoms with Gasteiger partial charge in [-0.1, -0.05) is 19.9 Å². The van der Waals surface area contributed by atoms with E-state index in [1.54, 1.807) is 13.8 Å². The maximum absolute atomic E-state index is 12.1. The Kier molecular flexibility index (Phi) is 5.04. The van der Waals surface area contributed by atoms with Crippen molar-refractivity contribution in [2.75, 3.05) is 20.3 Å². The standard InChI is InChI=1S/C13H18N2O5/c1-13(2,8-16)7-14-12(17)9-5-4-6-10(15(18)19)11(9)20-3/h4-6,16H,7-8H2,1-3H3,(H,14,17). The van der Waals surface area contributed by atoms with Crippen molar-refractivity contribution in [1.29, 1.82) is 0 Å². The molecule has 0 atom stereocenters. The number of nitrogens with one attached hydrogen (secondary N) is 1. The summed E-state index contributed by atoms with van der Waals surface area (Å²) in [7, 11) is 1.27. The molecular formula is C13H18N2O5. The number of rotatable bonds is 6. The molecule has 110 valence electrons. The Labute approximate surface area is 116 Å². The zero-order valence-electron chi connectivity index (χ0n) is 11.7. The van der Waals surface area contributed by atoms with E-state index in [9.17, 15) is 14.9 Å². The van der Waals surface area contributed by atoms with Crippen LogP contribution in [-0.2, 0) is 0 Å². The highest BCUT2D eigenvalue weighted by Gasteiger charge is 2.24. The number of hydrogen-bond donors (Lipinski definition) is 2. The van der Waals surface area contributed by atoms with E-state index in [1.807, 2.05) is 0 Å². The van der Waals surface area contributed by atoms with Crippen LogP contribution in [0.3, 0.4) is 0 Å². The molecule has 0 radical (unpaired) electrons. The van der Waals surface area contributed by atoms with Crippen LogP contribution in [0.5, 0.6) is 5.75 Å². The molecule has 0 aliphatic heterocycles. The second kappa shape index (κ2) is 6.33. The second-order valence-corrected chi connectivity index (χ2v) is 5.12. The molecule has 0 aromatic heterocycles. The molecule has 0 spiro atoms. The number of carbonyl (C=O) groups excluding carboxylic acids is 1. The molecule has 0 unspecified atom stereocenters. The molecule has 0 aliphatic rings. The number of aliphatic hydroxyl groups excluding tert-OH is 1. The third-order valence-electron chi connectivity index (χ3n) is 2.80. The molecule has 1 aromatic carbocycles. The van der Waals surface area contributed by atoms with E-state index in [-0.39, 0.29) is 30.2 Å². The average molecular weight is 282 g/mol. The van der Waals surface area contributed by atoms with E-state index >= 15 is 0 Å². The highest BCUT2D eigenvalue weighted by Crippen LogP contribution is 2.30. The maximum Gasteiger partial charge on any atom is 0.311 e. The van der Waals surface area contributed by atoms with Gasteiger partial charge in [-0.2, -0.15) is 0 Å². The maximum atomic E-state index is 12.1. The van der Waals surface area contributed by atoms with Crippen LogP contribution in [0.25, 0.3) is 0 Å². The average Bonchev–Trinajstić information content (AvgIpc) is 2.43. The van der Waals surface area contributed by atoms with Gasteiger partial charge in [0.15, 0.2) is 0 Å². The zero-order chi connectivity index (χ0) is 15.3. The number of para-hydroxylation sites is 1. The van der Waals surface area contributed by atoms with Crippen molar-refractivity contribution < 1.29 is 19.6 Å². The molecule has 1 rings (SSSR count). The van der Waals surface area contributed by atoms with E-state index in [0.717, 1.165) is 0 Å². The molecule has 0 bridgehead atoms. The number of nitro benzene ring substituents is 1. The molecule has 7 nitrogen and oxygen atoms in total. The Morgan fingerprint density at radius 1 is 1.50 bits per heavy atom. The number of nitro groups is 1. The number of aliphatic hydroxyl groups is 1. The molecule has 1 aromatic rings. The predicted molar refractivity (Wildman–Crippen MR) is 72.8 cm³/mol. The molecule has 20 heavy (non-hydrogen) atoms. The summed E-state index contributed by atoms with van der Waals surface area (Å²) in [5.74, 6) is -0.552. The smallest absolute Gasteiger partial charge is 0.311 e. The number of benzene rings is 1. The Hall–Kier alpha value is -2.15. The summed E-state index contributed by atoms with van der Waals surface area (Å²) in [6.07, 6.45) is 0. The minimum atomic E-state index is -0.604. The van der Waals surface area contributed by atoms with Gasteiger partial charge in [-0.25, -0.2) is 0 Å². The van der Waals surface area contributed by atoms with Gasteiger partial charge in [0.2, 0.25) is 5.75 Å². The van der Waals surface area contributed by atoms with E-state index in [2.05, 4.69) is 5.32 Å². The third-order valence-corrected chi connectivity index (χ3v) is 2.80. The molecule has 0 saturated carbocycles. The molecule has 0 aliphatic carbocycles. The van der Waals surface area contributed by atoms with E-state index < -0.39 is 16.2 Å². The van der Waals surface area contributed by atoms with E-state index in [4.69, 9.17) is 9.84 Å². The Bertz CT molecular complexity index is 513. The minimum Gasteiger partial charge on any atom is -0.490 e. The summed E-state index contributed by atoms with van der Waals surface area (Å²) < 4.78 is 4.97. The van der Waals surface area contributed by atoms with E-state index in [0.29, 0.717) is 0 Å². The number of ether oxygens (including phenoxy) is 1. The summed E-state index contributed by atoms with van der Waals surface area (Å²) in [5, 5.41) is 22.6. The van der Waals surface area contributed by atoms with Crippen molar-refractivity contribution in [3.05, 3.63) is 33.9 Å². The first-order valence-electron chi connectivity index (χ1n) is 6.03. The zero-order valence-corrected chi connectivity index (χ0v) is 11.7. The molecule has 2 N–H and O–H groups in total. The van der Waals surface area contributed by atoms with Crippen LogP contribution in [0.2, 0.25) is 0 Å². The Morgan fingerprint density at radius 2 is 2.15 bits per heavy atom. The number of nitrogens with zero attached hydrogens (tertiary/aromatic N) is 1. The monoisotopic (exact) mass is 282 g/mol. The van der Waals surface area contributed by atoms with Gasteiger partial charge in [-0.15, -0.1) is 0 Å². The molecule has 0 saturated heterocycles. The number of methoxy groups -OCH3 is 1. The van der Waals surface area contributed by atoms with Crippen molar-refractivity contribution in [1.82, 2.24) is 5.32 Å². The van der Waals surface area contributed by atoms with Crippen LogP contribution >= 0.6 is 0 Å². The van der Waals surface area contributed by atoms with E-state index in [1.165, 1.54) is 25.3 Å². The van der Waals surface area contributed by atoms with Gasteiger partial charge in [0.05, 0.1) is 17.6 Å². The van der Waals surface area contributed by atoms with Crippen molar-refractivity contribution >= 4 is 11.6 Å². The van der Waals surface area contributed by atoms with Gasteiger partial charge in [0.1, 0.15) is 0 Å². The van der Waals surface area contributed by atoms with Crippen LogP contribution in [0.1, 0.15) is 24.2 Å². The molecule has 7 heteroatoms. The van der Waals surface area contributed by atoms with Crippen LogP contribution in [-0.4, -0.2) is 36.2 Å². The fraction of sp³-hybridized carbons (Fsp3) is 0.462. The topological polar surface area (TPSA) is 102 Å². The summed E-state index contributed by atoms with van der Waals surface area (Å²) in [4.78, 5) is 22.3. The lowest BCUT2D eigenvalue weighted by molar-refractivity contribution is -0.385. The molecular weight excluding hydrogens is 264 g/mol. The first-order chi connectivity index (χ1) is 9.32. The molecule has 0 heterocycles. The quantitative estimate of drug-likeness (QED) is 0.605. The minimum absolute atomic E-state index is 0.0724. The van der Waals surface area contributed by atoms with Crippen LogP contribution < -0.4 is 10.1 Å². The Morgan fingerprint density at radius 3 is 2.65 bits per heavy atom. The van der Waals surface area contributed by atoms with Gasteiger partial charge in [-0.05, 0) is 6.07 Å². The van der Waals surface area contributed by atoms with Crippen LogP contribution in [0, 0.1) is 15.5 Å². The normalized spacial score (nSPS) is 11.0. The van der Waals surface area contributed by atoms with Gasteiger partial charge in [0.25, 0.3) is 5.91 Å². The van der Waals surface area contributed by atoms with Gasteiger partial charge >= 0.3 is 5.69 Å². The lowest BCUT2D eigenvalue weighted by Gasteiger charge is -2.22. The number of amides is 1. The number of hydrogen-bond acceptors (Lipinski definition) is 5. The Balaban J connectivity index is 2.99. The SMILES string of the molecule is COc1c(C(=O)NCC(C)(C)CO)cccc1[N+](=O)[O-]. The first kappa shape index (κ1) is 15.9. The van der Waals surface area contributed by atoms with Crippen LogP contribution in [0.15, 0.2) is 18.2 Å². The first-order valence-corrected chi connectivity index (χ1v) is 6.03. The molecule has 0 fully saturated rings. The highest BCUT2D eigenvalue weighted by molar-refractivity contribution is 5.98.